The molecule has 2 atom stereocenters. The van der Waals surface area contributed by atoms with Crippen molar-refractivity contribution < 1.29 is 22.0 Å². The third kappa shape index (κ3) is 4.04. The van der Waals surface area contributed by atoms with E-state index in [1.165, 1.54) is 34.6 Å². The van der Waals surface area contributed by atoms with Gasteiger partial charge in [0.25, 0.3) is 0 Å². The van der Waals surface area contributed by atoms with Gasteiger partial charge in [-0.2, -0.15) is 4.31 Å². The molecule has 0 bridgehead atoms. The van der Waals surface area contributed by atoms with Gasteiger partial charge in [-0.25, -0.2) is 17.2 Å². The number of rotatable bonds is 4. The molecule has 2 aliphatic heterocycles. The third-order valence-corrected chi connectivity index (χ3v) is 7.56. The van der Waals surface area contributed by atoms with E-state index in [1.54, 1.807) is 17.0 Å². The van der Waals surface area contributed by atoms with Crippen LogP contribution in [0.15, 0.2) is 53.4 Å². The minimum absolute atomic E-state index is 0.00153. The van der Waals surface area contributed by atoms with E-state index in [2.05, 4.69) is 0 Å². The van der Waals surface area contributed by atoms with Gasteiger partial charge in [-0.3, -0.25) is 4.79 Å². The summed E-state index contributed by atoms with van der Waals surface area (Å²) in [5.41, 5.74) is 0.672. The highest BCUT2D eigenvalue weighted by molar-refractivity contribution is 7.89. The van der Waals surface area contributed by atoms with Crippen LogP contribution < -0.4 is 0 Å². The number of hydrogen-bond donors (Lipinski definition) is 0. The van der Waals surface area contributed by atoms with Gasteiger partial charge < -0.3 is 4.90 Å². The lowest BCUT2D eigenvalue weighted by Gasteiger charge is -2.30. The van der Waals surface area contributed by atoms with Gasteiger partial charge in [0.05, 0.1) is 4.90 Å². The van der Waals surface area contributed by atoms with E-state index >= 15 is 0 Å². The van der Waals surface area contributed by atoms with Gasteiger partial charge in [-0.05, 0) is 54.7 Å². The van der Waals surface area contributed by atoms with Crippen LogP contribution in [0.2, 0.25) is 0 Å². The molecule has 0 saturated carbocycles. The summed E-state index contributed by atoms with van der Waals surface area (Å²) < 4.78 is 54.5. The molecule has 2 fully saturated rings. The first-order valence-electron chi connectivity index (χ1n) is 9.64. The summed E-state index contributed by atoms with van der Waals surface area (Å²) >= 11 is 0. The molecule has 0 radical (unpaired) electrons. The van der Waals surface area contributed by atoms with Crippen LogP contribution in [-0.4, -0.2) is 42.7 Å². The van der Waals surface area contributed by atoms with E-state index in [1.807, 2.05) is 0 Å². The molecule has 2 saturated heterocycles. The van der Waals surface area contributed by atoms with E-state index in [9.17, 15) is 22.0 Å². The van der Waals surface area contributed by atoms with Gasteiger partial charge in [-0.1, -0.05) is 18.2 Å². The van der Waals surface area contributed by atoms with Gasteiger partial charge in [0, 0.05) is 32.1 Å². The lowest BCUT2D eigenvalue weighted by Crippen LogP contribution is -2.43. The van der Waals surface area contributed by atoms with Crippen molar-refractivity contribution in [1.29, 1.82) is 0 Å². The zero-order valence-corrected chi connectivity index (χ0v) is 16.6. The maximum atomic E-state index is 13.6. The Bertz CT molecular complexity index is 1030. The van der Waals surface area contributed by atoms with Crippen LogP contribution in [0.4, 0.5) is 8.78 Å². The molecule has 8 heteroatoms. The second-order valence-corrected chi connectivity index (χ2v) is 9.59. The van der Waals surface area contributed by atoms with Crippen molar-refractivity contribution >= 4 is 15.9 Å². The number of halogens is 2. The Balaban J connectivity index is 1.60. The summed E-state index contributed by atoms with van der Waals surface area (Å²) in [6, 6.07) is 10.8. The smallest absolute Gasteiger partial charge is 0.243 e. The molecule has 154 valence electrons. The molecule has 0 aromatic heterocycles. The Hall–Kier alpha value is -2.32. The minimum Gasteiger partial charge on any atom is -0.334 e. The number of carbonyl (C=O) groups excluding carboxylic acids is 1. The van der Waals surface area contributed by atoms with Crippen LogP contribution in [0, 0.1) is 17.6 Å². The van der Waals surface area contributed by atoms with E-state index in [-0.39, 0.29) is 48.2 Å². The van der Waals surface area contributed by atoms with E-state index in [4.69, 9.17) is 0 Å². The Morgan fingerprint density at radius 1 is 1.00 bits per heavy atom. The fourth-order valence-corrected chi connectivity index (χ4v) is 5.85. The molecule has 2 aromatic carbocycles. The van der Waals surface area contributed by atoms with E-state index in [0.29, 0.717) is 18.4 Å². The molecular formula is C21H22F2N2O3S. The monoisotopic (exact) mass is 420 g/mol. The summed E-state index contributed by atoms with van der Waals surface area (Å²) in [6.07, 6.45) is 1.83. The fourth-order valence-electron chi connectivity index (χ4n) is 4.31. The molecule has 2 aliphatic rings. The van der Waals surface area contributed by atoms with Gasteiger partial charge in [-0.15, -0.1) is 0 Å². The van der Waals surface area contributed by atoms with Crippen LogP contribution in [-0.2, 0) is 21.4 Å². The standard InChI is InChI=1S/C21H22F2N2O3S/c22-17-6-1-4-15(10-17)12-25-20-14-24(13-16(20)5-2-9-21(25)26)29(27,28)19-8-3-7-18(23)11-19/h1,3-4,6-8,10-11,16,20H,2,5,9,12-14H2/t16-,20+/m1/s1. The largest absolute Gasteiger partial charge is 0.334 e. The number of benzene rings is 2. The van der Waals surface area contributed by atoms with Gasteiger partial charge in [0.2, 0.25) is 15.9 Å². The molecular weight excluding hydrogens is 398 g/mol. The van der Waals surface area contributed by atoms with Crippen molar-refractivity contribution in [2.24, 2.45) is 5.92 Å². The van der Waals surface area contributed by atoms with Crippen LogP contribution >= 0.6 is 0 Å². The number of carbonyl (C=O) groups is 1. The van der Waals surface area contributed by atoms with Crippen molar-refractivity contribution in [2.45, 2.75) is 36.7 Å². The number of sulfonamides is 1. The number of hydrogen-bond acceptors (Lipinski definition) is 3. The molecule has 29 heavy (non-hydrogen) atoms. The molecule has 0 unspecified atom stereocenters. The van der Waals surface area contributed by atoms with Gasteiger partial charge in [0.15, 0.2) is 0 Å². The predicted octanol–water partition coefficient (Wildman–Crippen LogP) is 3.17. The molecule has 4 rings (SSSR count). The summed E-state index contributed by atoms with van der Waals surface area (Å²) in [4.78, 5) is 14.3. The highest BCUT2D eigenvalue weighted by Gasteiger charge is 2.44. The zero-order valence-electron chi connectivity index (χ0n) is 15.8. The summed E-state index contributed by atoms with van der Waals surface area (Å²) in [5.74, 6) is -1.03. The summed E-state index contributed by atoms with van der Waals surface area (Å²) in [6.45, 7) is 0.687. The third-order valence-electron chi connectivity index (χ3n) is 5.74. The molecule has 0 spiro atoms. The average molecular weight is 420 g/mol. The summed E-state index contributed by atoms with van der Waals surface area (Å²) in [5, 5.41) is 0. The van der Waals surface area contributed by atoms with Gasteiger partial charge >= 0.3 is 0 Å². The molecule has 0 aliphatic carbocycles. The van der Waals surface area contributed by atoms with Crippen molar-refractivity contribution in [1.82, 2.24) is 9.21 Å². The number of fused-ring (bicyclic) bond motifs is 1. The molecule has 2 aromatic rings. The highest BCUT2D eigenvalue weighted by atomic mass is 32.2. The number of amides is 1. The second kappa shape index (κ2) is 7.84. The maximum Gasteiger partial charge on any atom is 0.243 e. The summed E-state index contributed by atoms with van der Waals surface area (Å²) in [7, 11) is -3.86. The Kier molecular flexibility index (Phi) is 5.40. The van der Waals surface area contributed by atoms with Crippen LogP contribution in [0.25, 0.3) is 0 Å². The van der Waals surface area contributed by atoms with Crippen molar-refractivity contribution in [3.05, 3.63) is 65.7 Å². The second-order valence-electron chi connectivity index (χ2n) is 7.65. The number of likely N-dealkylation sites (tertiary alicyclic amines) is 1. The van der Waals surface area contributed by atoms with E-state index in [0.717, 1.165) is 12.5 Å². The first kappa shape index (κ1) is 20.0. The van der Waals surface area contributed by atoms with Crippen LogP contribution in [0.5, 0.6) is 0 Å². The first-order valence-corrected chi connectivity index (χ1v) is 11.1. The Morgan fingerprint density at radius 3 is 2.45 bits per heavy atom. The molecule has 0 N–H and O–H groups in total. The quantitative estimate of drug-likeness (QED) is 0.764. The molecule has 5 nitrogen and oxygen atoms in total. The van der Waals surface area contributed by atoms with Crippen LogP contribution in [0.3, 0.4) is 0 Å². The van der Waals surface area contributed by atoms with Crippen molar-refractivity contribution in [2.75, 3.05) is 13.1 Å². The van der Waals surface area contributed by atoms with Gasteiger partial charge in [0.1, 0.15) is 11.6 Å². The van der Waals surface area contributed by atoms with E-state index < -0.39 is 15.8 Å². The van der Waals surface area contributed by atoms with Crippen molar-refractivity contribution in [3.8, 4) is 0 Å². The predicted molar refractivity (Wildman–Crippen MR) is 103 cm³/mol. The Labute approximate surface area is 169 Å². The number of nitrogens with zero attached hydrogens (tertiary/aromatic N) is 2. The lowest BCUT2D eigenvalue weighted by atomic mass is 9.98. The minimum atomic E-state index is -3.86. The van der Waals surface area contributed by atoms with Crippen molar-refractivity contribution in [3.63, 3.8) is 0 Å². The first-order chi connectivity index (χ1) is 13.8. The SMILES string of the molecule is O=C1CCC[C@@H]2CN(S(=O)(=O)c3cccc(F)c3)C[C@@H]2N1Cc1cccc(F)c1. The lowest BCUT2D eigenvalue weighted by molar-refractivity contribution is -0.133. The Morgan fingerprint density at radius 2 is 1.72 bits per heavy atom. The topological polar surface area (TPSA) is 57.7 Å². The normalized spacial score (nSPS) is 23.1. The van der Waals surface area contributed by atoms with Crippen LogP contribution in [0.1, 0.15) is 24.8 Å². The molecule has 2 heterocycles. The molecule has 1 amide bonds. The highest BCUT2D eigenvalue weighted by Crippen LogP contribution is 2.34. The zero-order chi connectivity index (χ0) is 20.6. The fraction of sp³-hybridized carbons (Fsp3) is 0.381. The average Bonchev–Trinajstić information content (AvgIpc) is 3.05. The maximum absolute atomic E-state index is 13.6.